The normalized spacial score (nSPS) is 20.8. The highest BCUT2D eigenvalue weighted by molar-refractivity contribution is 5.94. The fourth-order valence-electron chi connectivity index (χ4n) is 4.09. The van der Waals surface area contributed by atoms with Crippen molar-refractivity contribution in [1.29, 1.82) is 0 Å². The van der Waals surface area contributed by atoms with Crippen molar-refractivity contribution in [2.45, 2.75) is 32.3 Å². The summed E-state index contributed by atoms with van der Waals surface area (Å²) in [6.45, 7) is 2.02. The predicted octanol–water partition coefficient (Wildman–Crippen LogP) is 3.93. The Morgan fingerprint density at radius 2 is 2.06 bits per heavy atom. The number of fused-ring (bicyclic) bond motifs is 1. The molecule has 0 radical (unpaired) electrons. The van der Waals surface area contributed by atoms with E-state index >= 15 is 0 Å². The number of carbonyl (C=O) groups is 1. The molecule has 0 spiro atoms. The van der Waals surface area contributed by atoms with Crippen LogP contribution in [0.5, 0.6) is 0 Å². The summed E-state index contributed by atoms with van der Waals surface area (Å²) in [4.78, 5) is 16.7. The van der Waals surface area contributed by atoms with Crippen LogP contribution < -0.4 is 5.32 Å². The summed E-state index contributed by atoms with van der Waals surface area (Å²) in [6.07, 6.45) is 11.2. The van der Waals surface area contributed by atoms with Crippen LogP contribution >= 0.6 is 0 Å². The summed E-state index contributed by atoms with van der Waals surface area (Å²) in [5.74, 6) is 0.189. The van der Waals surface area contributed by atoms with E-state index in [2.05, 4.69) is 23.5 Å². The van der Waals surface area contributed by atoms with Gasteiger partial charge in [-0.05, 0) is 42.4 Å². The fraction of sp³-hybridized carbons (Fsp3) is 0.440. The van der Waals surface area contributed by atoms with Crippen LogP contribution in [0.25, 0.3) is 0 Å². The number of benzene rings is 1. The van der Waals surface area contributed by atoms with Crippen molar-refractivity contribution >= 4 is 11.8 Å². The molecule has 1 atom stereocenters. The first-order chi connectivity index (χ1) is 15.2. The molecule has 2 aliphatic carbocycles. The molecule has 1 amide bonds. The maximum absolute atomic E-state index is 11.9. The number of aliphatic hydroxyl groups is 1. The van der Waals surface area contributed by atoms with Crippen LogP contribution in [-0.2, 0) is 16.1 Å². The lowest BCUT2D eigenvalue weighted by atomic mass is 9.79. The van der Waals surface area contributed by atoms with Crippen molar-refractivity contribution in [3.05, 3.63) is 71.5 Å². The average molecular weight is 423 g/mol. The zero-order valence-corrected chi connectivity index (χ0v) is 17.8. The van der Waals surface area contributed by atoms with E-state index in [1.54, 1.807) is 0 Å². The molecule has 0 aromatic heterocycles. The molecule has 0 saturated heterocycles. The molecule has 4 rings (SSSR count). The van der Waals surface area contributed by atoms with Gasteiger partial charge in [-0.2, -0.15) is 0 Å². The third-order valence-corrected chi connectivity index (χ3v) is 6.15. The molecule has 1 saturated carbocycles. The van der Waals surface area contributed by atoms with Crippen LogP contribution in [0.15, 0.2) is 70.9 Å². The smallest absolute Gasteiger partial charge is 0.407 e. The molecular formula is C25H30N2O4. The van der Waals surface area contributed by atoms with E-state index in [1.807, 2.05) is 36.6 Å². The Bertz CT molecular complexity index is 897. The molecule has 31 heavy (non-hydrogen) atoms. The number of amides is 1. The van der Waals surface area contributed by atoms with Gasteiger partial charge in [0.25, 0.3) is 0 Å². The number of hydrogen-bond acceptors (Lipinski definition) is 5. The predicted molar refractivity (Wildman–Crippen MR) is 120 cm³/mol. The topological polar surface area (TPSA) is 80.2 Å². The third-order valence-electron chi connectivity index (χ3n) is 6.15. The van der Waals surface area contributed by atoms with E-state index in [1.165, 1.54) is 11.3 Å². The quantitative estimate of drug-likeness (QED) is 0.560. The first-order valence-corrected chi connectivity index (χ1v) is 11.0. The molecule has 1 unspecified atom stereocenters. The van der Waals surface area contributed by atoms with Crippen LogP contribution in [0.3, 0.4) is 0 Å². The minimum atomic E-state index is -0.452. The minimum absolute atomic E-state index is 0.0470. The largest absolute Gasteiger partial charge is 0.445 e. The fourth-order valence-corrected chi connectivity index (χ4v) is 4.09. The second-order valence-electron chi connectivity index (χ2n) is 8.40. The van der Waals surface area contributed by atoms with Gasteiger partial charge < -0.3 is 19.9 Å². The third kappa shape index (κ3) is 5.51. The Morgan fingerprint density at radius 1 is 1.23 bits per heavy atom. The number of nitrogens with one attached hydrogen (secondary N) is 1. The van der Waals surface area contributed by atoms with Gasteiger partial charge in [-0.25, -0.2) is 4.79 Å². The van der Waals surface area contributed by atoms with Gasteiger partial charge in [-0.1, -0.05) is 48.6 Å². The highest BCUT2D eigenvalue weighted by Gasteiger charge is 2.49. The molecule has 1 aromatic rings. The second kappa shape index (κ2) is 10.1. The first kappa shape index (κ1) is 21.5. The summed E-state index contributed by atoms with van der Waals surface area (Å²) < 4.78 is 11.5. The van der Waals surface area contributed by atoms with E-state index in [9.17, 15) is 4.79 Å². The molecule has 1 fully saturated rings. The Balaban J connectivity index is 1.32. The lowest BCUT2D eigenvalue weighted by Gasteiger charge is -2.30. The maximum Gasteiger partial charge on any atom is 0.407 e. The van der Waals surface area contributed by atoms with Crippen molar-refractivity contribution in [1.82, 2.24) is 5.32 Å². The van der Waals surface area contributed by atoms with Gasteiger partial charge in [0.2, 0.25) is 0 Å². The molecule has 1 heterocycles. The van der Waals surface area contributed by atoms with Crippen molar-refractivity contribution < 1.29 is 19.4 Å². The van der Waals surface area contributed by atoms with Gasteiger partial charge in [0.1, 0.15) is 6.61 Å². The van der Waals surface area contributed by atoms with Crippen molar-refractivity contribution in [2.24, 2.45) is 16.3 Å². The molecule has 1 aliphatic heterocycles. The van der Waals surface area contributed by atoms with E-state index in [0.29, 0.717) is 26.2 Å². The monoisotopic (exact) mass is 422 g/mol. The minimum Gasteiger partial charge on any atom is -0.445 e. The zero-order chi connectivity index (χ0) is 21.5. The van der Waals surface area contributed by atoms with Crippen LogP contribution in [0.4, 0.5) is 4.79 Å². The summed E-state index contributed by atoms with van der Waals surface area (Å²) in [7, 11) is 0. The van der Waals surface area contributed by atoms with E-state index in [4.69, 9.17) is 19.6 Å². The SMILES string of the molecule is O=C(NCCCO)OCC1=CC=CC2=CN=C(C3(COCc4ccccc4)CC3)CC21. The number of hydrogen-bond donors (Lipinski definition) is 2. The molecule has 6 nitrogen and oxygen atoms in total. The van der Waals surface area contributed by atoms with E-state index in [0.717, 1.165) is 30.4 Å². The molecular weight excluding hydrogens is 392 g/mol. The first-order valence-electron chi connectivity index (χ1n) is 11.0. The van der Waals surface area contributed by atoms with Gasteiger partial charge in [0, 0.05) is 36.4 Å². The molecule has 164 valence electrons. The molecule has 2 N–H and O–H groups in total. The van der Waals surface area contributed by atoms with Gasteiger partial charge in [0.15, 0.2) is 0 Å². The van der Waals surface area contributed by atoms with Gasteiger partial charge in [-0.15, -0.1) is 0 Å². The summed E-state index contributed by atoms with van der Waals surface area (Å²) >= 11 is 0. The number of carbonyl (C=O) groups excluding carboxylic acids is 1. The van der Waals surface area contributed by atoms with E-state index < -0.39 is 6.09 Å². The van der Waals surface area contributed by atoms with Gasteiger partial charge in [0.05, 0.1) is 13.2 Å². The number of nitrogens with zero attached hydrogens (tertiary/aromatic N) is 1. The van der Waals surface area contributed by atoms with Crippen molar-refractivity contribution in [3.63, 3.8) is 0 Å². The highest BCUT2D eigenvalue weighted by atomic mass is 16.5. The number of alkyl carbamates (subject to hydrolysis) is 1. The highest BCUT2D eigenvalue weighted by Crippen LogP contribution is 2.51. The standard InChI is InChI=1S/C25H30N2O4/c28-13-5-12-26-24(29)31-17-21-9-4-8-20-15-27-23(14-22(20)21)25(10-11-25)18-30-16-19-6-2-1-3-7-19/h1-4,6-9,15,22,28H,5,10-14,16-18H2,(H,26,29). The molecule has 6 heteroatoms. The average Bonchev–Trinajstić information content (AvgIpc) is 3.59. The second-order valence-corrected chi connectivity index (χ2v) is 8.40. The van der Waals surface area contributed by atoms with Crippen molar-refractivity contribution in [3.8, 4) is 0 Å². The Kier molecular flexibility index (Phi) is 6.99. The van der Waals surface area contributed by atoms with Crippen LogP contribution in [0.1, 0.15) is 31.2 Å². The van der Waals surface area contributed by atoms with Crippen LogP contribution in [-0.4, -0.2) is 43.3 Å². The number of ether oxygens (including phenoxy) is 2. The Labute approximate surface area is 183 Å². The van der Waals surface area contributed by atoms with Gasteiger partial charge >= 0.3 is 6.09 Å². The molecule has 3 aliphatic rings. The maximum atomic E-state index is 11.9. The van der Waals surface area contributed by atoms with Crippen molar-refractivity contribution in [2.75, 3.05) is 26.4 Å². The van der Waals surface area contributed by atoms with Crippen LogP contribution in [0.2, 0.25) is 0 Å². The summed E-state index contributed by atoms with van der Waals surface area (Å²) in [5.41, 5.74) is 4.67. The summed E-state index contributed by atoms with van der Waals surface area (Å²) in [6, 6.07) is 10.2. The zero-order valence-electron chi connectivity index (χ0n) is 17.8. The number of allylic oxidation sites excluding steroid dienone is 4. The van der Waals surface area contributed by atoms with E-state index in [-0.39, 0.29) is 24.5 Å². The number of aliphatic imine (C=N–C) groups is 1. The van der Waals surface area contributed by atoms with Crippen LogP contribution in [0, 0.1) is 11.3 Å². The van der Waals surface area contributed by atoms with Gasteiger partial charge in [-0.3, -0.25) is 4.99 Å². The number of aliphatic hydroxyl groups excluding tert-OH is 1. The number of rotatable bonds is 10. The molecule has 1 aromatic carbocycles. The lowest BCUT2D eigenvalue weighted by molar-refractivity contribution is 0.0970. The summed E-state index contributed by atoms with van der Waals surface area (Å²) in [5, 5.41) is 11.5. The molecule has 0 bridgehead atoms. The lowest BCUT2D eigenvalue weighted by Crippen LogP contribution is -2.30. The Hall–Kier alpha value is -2.70. The Morgan fingerprint density at radius 3 is 2.84 bits per heavy atom.